The molecule has 0 radical (unpaired) electrons. The summed E-state index contributed by atoms with van der Waals surface area (Å²) in [6.07, 6.45) is 6.77. The number of hydrogen-bond acceptors (Lipinski definition) is 6. The lowest BCUT2D eigenvalue weighted by Crippen LogP contribution is -2.70. The van der Waals surface area contributed by atoms with Gasteiger partial charge < -0.3 is 4.74 Å². The molecule has 0 aromatic carbocycles. The van der Waals surface area contributed by atoms with Crippen molar-refractivity contribution in [2.75, 3.05) is 13.1 Å². The molecular formula is C13H22N4O2. The molecule has 0 aromatic heterocycles. The van der Waals surface area contributed by atoms with E-state index in [2.05, 4.69) is 20.9 Å². The summed E-state index contributed by atoms with van der Waals surface area (Å²) in [6.45, 7) is 1.99. The molecule has 4 fully saturated rings. The average Bonchev–Trinajstić information content (AvgIpc) is 2.37. The lowest BCUT2D eigenvalue weighted by Gasteiger charge is -2.53. The summed E-state index contributed by atoms with van der Waals surface area (Å²) in [6, 6.07) is 1.07. The molecule has 0 aliphatic carbocycles. The second-order valence-corrected chi connectivity index (χ2v) is 6.10. The zero-order chi connectivity index (χ0) is 12.8. The quantitative estimate of drug-likeness (QED) is 0.685. The SMILES string of the molecule is O=C(OC1CC2CCCNN21)C1CC2CCCNN21. The van der Waals surface area contributed by atoms with Gasteiger partial charge in [-0.1, -0.05) is 0 Å². The lowest BCUT2D eigenvalue weighted by molar-refractivity contribution is -0.216. The fourth-order valence-electron chi connectivity index (χ4n) is 3.76. The molecule has 2 N–H and O–H groups in total. The van der Waals surface area contributed by atoms with Crippen molar-refractivity contribution in [3.8, 4) is 0 Å². The summed E-state index contributed by atoms with van der Waals surface area (Å²) in [5.41, 5.74) is 6.65. The van der Waals surface area contributed by atoms with E-state index < -0.39 is 0 Å². The van der Waals surface area contributed by atoms with Crippen LogP contribution in [-0.2, 0) is 9.53 Å². The van der Waals surface area contributed by atoms with Crippen molar-refractivity contribution in [2.24, 2.45) is 0 Å². The highest BCUT2D eigenvalue weighted by atomic mass is 16.6. The molecule has 0 bridgehead atoms. The third kappa shape index (κ3) is 1.98. The second kappa shape index (κ2) is 4.70. The van der Waals surface area contributed by atoms with Gasteiger partial charge in [0.2, 0.25) is 0 Å². The standard InChI is InChI=1S/C13H22N4O2/c18-13(11-7-9-3-1-5-14-16(9)11)19-12-8-10-4-2-6-15-17(10)12/h9-12,14-15H,1-8H2. The summed E-state index contributed by atoms with van der Waals surface area (Å²) >= 11 is 0. The van der Waals surface area contributed by atoms with E-state index >= 15 is 0 Å². The minimum atomic E-state index is -0.0610. The highest BCUT2D eigenvalue weighted by molar-refractivity contribution is 5.77. The van der Waals surface area contributed by atoms with Crippen molar-refractivity contribution in [1.82, 2.24) is 20.9 Å². The Morgan fingerprint density at radius 1 is 1.00 bits per heavy atom. The van der Waals surface area contributed by atoms with Crippen molar-refractivity contribution >= 4 is 5.97 Å². The number of nitrogens with one attached hydrogen (secondary N) is 2. The lowest BCUT2D eigenvalue weighted by atomic mass is 9.90. The first-order valence-corrected chi connectivity index (χ1v) is 7.57. The molecule has 4 heterocycles. The number of esters is 1. The van der Waals surface area contributed by atoms with E-state index in [0.717, 1.165) is 25.9 Å². The number of hydrogen-bond donors (Lipinski definition) is 2. The molecule has 0 aromatic rings. The second-order valence-electron chi connectivity index (χ2n) is 6.10. The van der Waals surface area contributed by atoms with Crippen molar-refractivity contribution in [2.45, 2.75) is 62.9 Å². The van der Waals surface area contributed by atoms with Gasteiger partial charge in [0.1, 0.15) is 6.04 Å². The average molecular weight is 266 g/mol. The van der Waals surface area contributed by atoms with Gasteiger partial charge in [-0.15, -0.1) is 0 Å². The largest absolute Gasteiger partial charge is 0.444 e. The van der Waals surface area contributed by atoms with Gasteiger partial charge in [0.05, 0.1) is 0 Å². The number of rotatable bonds is 2. The Morgan fingerprint density at radius 3 is 2.37 bits per heavy atom. The first-order valence-electron chi connectivity index (χ1n) is 7.57. The fourth-order valence-corrected chi connectivity index (χ4v) is 3.76. The van der Waals surface area contributed by atoms with Crippen LogP contribution in [0.3, 0.4) is 0 Å². The molecule has 0 saturated carbocycles. The van der Waals surface area contributed by atoms with Crippen LogP contribution >= 0.6 is 0 Å². The third-order valence-corrected chi connectivity index (χ3v) is 4.94. The molecule has 4 unspecified atom stereocenters. The van der Waals surface area contributed by atoms with Gasteiger partial charge in [0.25, 0.3) is 0 Å². The summed E-state index contributed by atoms with van der Waals surface area (Å²) < 4.78 is 5.65. The number of nitrogens with zero attached hydrogens (tertiary/aromatic N) is 2. The van der Waals surface area contributed by atoms with Gasteiger partial charge in [-0.05, 0) is 32.1 Å². The molecule has 0 amide bonds. The Hall–Kier alpha value is -0.690. The Kier molecular flexibility index (Phi) is 2.99. The highest BCUT2D eigenvalue weighted by Gasteiger charge is 2.48. The summed E-state index contributed by atoms with van der Waals surface area (Å²) in [5.74, 6) is -0.0542. The van der Waals surface area contributed by atoms with Crippen LogP contribution in [0.15, 0.2) is 0 Å². The van der Waals surface area contributed by atoms with Crippen LogP contribution in [0.2, 0.25) is 0 Å². The van der Waals surface area contributed by atoms with E-state index in [9.17, 15) is 4.79 Å². The van der Waals surface area contributed by atoms with Crippen LogP contribution in [0, 0.1) is 0 Å². The molecule has 6 heteroatoms. The monoisotopic (exact) mass is 266 g/mol. The Morgan fingerprint density at radius 2 is 1.68 bits per heavy atom. The summed E-state index contributed by atoms with van der Waals surface area (Å²) in [5, 5.41) is 4.23. The van der Waals surface area contributed by atoms with Crippen LogP contribution < -0.4 is 10.9 Å². The predicted octanol–water partition coefficient (Wildman–Crippen LogP) is -0.0303. The molecule has 0 spiro atoms. The van der Waals surface area contributed by atoms with Gasteiger partial charge in [0.15, 0.2) is 6.23 Å². The minimum Gasteiger partial charge on any atom is -0.444 e. The number of hydrazine groups is 2. The third-order valence-electron chi connectivity index (χ3n) is 4.94. The zero-order valence-electron chi connectivity index (χ0n) is 11.2. The maximum Gasteiger partial charge on any atom is 0.326 e. The maximum absolute atomic E-state index is 12.2. The Labute approximate surface area is 113 Å². The maximum atomic E-state index is 12.2. The van der Waals surface area contributed by atoms with E-state index in [0.29, 0.717) is 12.1 Å². The molecule has 6 nitrogen and oxygen atoms in total. The minimum absolute atomic E-state index is 0.0401. The van der Waals surface area contributed by atoms with Crippen molar-refractivity contribution in [1.29, 1.82) is 0 Å². The van der Waals surface area contributed by atoms with Crippen LogP contribution in [0.25, 0.3) is 0 Å². The van der Waals surface area contributed by atoms with E-state index in [1.807, 2.05) is 0 Å². The topological polar surface area (TPSA) is 56.8 Å². The first-order chi connectivity index (χ1) is 9.33. The Bertz CT molecular complexity index is 378. The molecule has 19 heavy (non-hydrogen) atoms. The smallest absolute Gasteiger partial charge is 0.326 e. The van der Waals surface area contributed by atoms with Crippen LogP contribution in [-0.4, -0.2) is 53.4 Å². The van der Waals surface area contributed by atoms with Crippen molar-refractivity contribution in [3.63, 3.8) is 0 Å². The number of ether oxygens (including phenoxy) is 1. The van der Waals surface area contributed by atoms with Crippen LogP contribution in [0.4, 0.5) is 0 Å². The molecule has 4 atom stereocenters. The van der Waals surface area contributed by atoms with Crippen molar-refractivity contribution in [3.05, 3.63) is 0 Å². The number of fused-ring (bicyclic) bond motifs is 2. The highest BCUT2D eigenvalue weighted by Crippen LogP contribution is 2.34. The van der Waals surface area contributed by atoms with E-state index in [4.69, 9.17) is 4.74 Å². The molecule has 4 aliphatic rings. The number of carbonyl (C=O) groups is 1. The summed E-state index contributed by atoms with van der Waals surface area (Å²) in [7, 11) is 0. The van der Waals surface area contributed by atoms with Gasteiger partial charge in [-0.3, -0.25) is 15.6 Å². The fraction of sp³-hybridized carbons (Fsp3) is 0.923. The molecule has 4 rings (SSSR count). The molecule has 4 aliphatic heterocycles. The zero-order valence-corrected chi connectivity index (χ0v) is 11.2. The van der Waals surface area contributed by atoms with Gasteiger partial charge >= 0.3 is 5.97 Å². The van der Waals surface area contributed by atoms with Gasteiger partial charge in [-0.2, -0.15) is 0 Å². The van der Waals surface area contributed by atoms with E-state index in [-0.39, 0.29) is 18.2 Å². The van der Waals surface area contributed by atoms with Crippen molar-refractivity contribution < 1.29 is 9.53 Å². The Balaban J connectivity index is 1.30. The van der Waals surface area contributed by atoms with Gasteiger partial charge in [-0.25, -0.2) is 10.0 Å². The van der Waals surface area contributed by atoms with E-state index in [1.165, 1.54) is 25.7 Å². The predicted molar refractivity (Wildman–Crippen MR) is 68.6 cm³/mol. The molecule has 106 valence electrons. The molecular weight excluding hydrogens is 244 g/mol. The van der Waals surface area contributed by atoms with Gasteiger partial charge in [0, 0.05) is 31.6 Å². The van der Waals surface area contributed by atoms with Crippen LogP contribution in [0.5, 0.6) is 0 Å². The first kappa shape index (κ1) is 12.1. The van der Waals surface area contributed by atoms with E-state index in [1.54, 1.807) is 0 Å². The summed E-state index contributed by atoms with van der Waals surface area (Å²) in [4.78, 5) is 12.2. The van der Waals surface area contributed by atoms with Crippen LogP contribution in [0.1, 0.15) is 38.5 Å². The normalized spacial score (nSPS) is 42.5. The number of carbonyl (C=O) groups excluding carboxylic acids is 1. The molecule has 4 saturated heterocycles.